The van der Waals surface area contributed by atoms with Gasteiger partial charge in [-0.05, 0) is 30.5 Å². The van der Waals surface area contributed by atoms with E-state index in [1.165, 1.54) is 5.56 Å². The highest BCUT2D eigenvalue weighted by Gasteiger charge is 2.18. The van der Waals surface area contributed by atoms with Crippen LogP contribution in [0, 0.1) is 5.92 Å². The number of methoxy groups -OCH3 is 1. The number of carbonyl (C=O) groups excluding carboxylic acids is 1. The molecule has 3 nitrogen and oxygen atoms in total. The molecule has 3 heteroatoms. The first-order chi connectivity index (χ1) is 8.08. The number of ether oxygens (including phenoxy) is 1. The molecule has 1 unspecified atom stereocenters. The molecule has 1 atom stereocenters. The fourth-order valence-corrected chi connectivity index (χ4v) is 1.82. The van der Waals surface area contributed by atoms with E-state index < -0.39 is 0 Å². The van der Waals surface area contributed by atoms with E-state index in [-0.39, 0.29) is 11.8 Å². The Morgan fingerprint density at radius 2 is 1.88 bits per heavy atom. The standard InChI is InChI=1S/C14H21NO2/c1-5-12(14(16)15(2)3)10-11-6-8-13(17-4)9-7-11/h6-9,12H,5,10H2,1-4H3. The lowest BCUT2D eigenvalue weighted by molar-refractivity contribution is -0.133. The van der Waals surface area contributed by atoms with E-state index in [1.54, 1.807) is 26.1 Å². The van der Waals surface area contributed by atoms with Gasteiger partial charge in [-0.3, -0.25) is 4.79 Å². The Balaban J connectivity index is 2.70. The van der Waals surface area contributed by atoms with Crippen molar-refractivity contribution < 1.29 is 9.53 Å². The summed E-state index contributed by atoms with van der Waals surface area (Å²) in [5.41, 5.74) is 1.17. The van der Waals surface area contributed by atoms with E-state index in [0.29, 0.717) is 0 Å². The molecule has 0 N–H and O–H groups in total. The first-order valence-corrected chi connectivity index (χ1v) is 5.92. The molecule has 94 valence electrons. The van der Waals surface area contributed by atoms with E-state index in [2.05, 4.69) is 6.92 Å². The van der Waals surface area contributed by atoms with Gasteiger partial charge in [-0.15, -0.1) is 0 Å². The summed E-state index contributed by atoms with van der Waals surface area (Å²) in [6, 6.07) is 7.90. The van der Waals surface area contributed by atoms with Crippen LogP contribution in [0.15, 0.2) is 24.3 Å². The molecular weight excluding hydrogens is 214 g/mol. The van der Waals surface area contributed by atoms with Crippen LogP contribution in [0.2, 0.25) is 0 Å². The molecule has 0 bridgehead atoms. The fourth-order valence-electron chi connectivity index (χ4n) is 1.82. The third-order valence-electron chi connectivity index (χ3n) is 2.92. The molecule has 1 amide bonds. The number of carbonyl (C=O) groups is 1. The lowest BCUT2D eigenvalue weighted by Gasteiger charge is -2.19. The molecule has 1 aromatic carbocycles. The lowest BCUT2D eigenvalue weighted by atomic mass is 9.95. The van der Waals surface area contributed by atoms with Gasteiger partial charge >= 0.3 is 0 Å². The maximum atomic E-state index is 11.9. The zero-order valence-corrected chi connectivity index (χ0v) is 11.1. The maximum absolute atomic E-state index is 11.9. The predicted octanol–water partition coefficient (Wildman–Crippen LogP) is 2.35. The predicted molar refractivity (Wildman–Crippen MR) is 69.2 cm³/mol. The van der Waals surface area contributed by atoms with Crippen LogP contribution in [0.5, 0.6) is 5.75 Å². The van der Waals surface area contributed by atoms with Crippen molar-refractivity contribution in [2.24, 2.45) is 5.92 Å². The van der Waals surface area contributed by atoms with Crippen LogP contribution >= 0.6 is 0 Å². The van der Waals surface area contributed by atoms with Crippen molar-refractivity contribution in [1.82, 2.24) is 4.90 Å². The Morgan fingerprint density at radius 1 is 1.29 bits per heavy atom. The van der Waals surface area contributed by atoms with Gasteiger partial charge in [0, 0.05) is 20.0 Å². The topological polar surface area (TPSA) is 29.5 Å². The molecule has 1 aromatic rings. The number of hydrogen-bond donors (Lipinski definition) is 0. The van der Waals surface area contributed by atoms with Crippen molar-refractivity contribution in [3.05, 3.63) is 29.8 Å². The second-order valence-corrected chi connectivity index (χ2v) is 4.39. The highest BCUT2D eigenvalue weighted by molar-refractivity contribution is 5.78. The molecule has 0 saturated heterocycles. The van der Waals surface area contributed by atoms with Gasteiger partial charge in [0.1, 0.15) is 5.75 Å². The number of hydrogen-bond acceptors (Lipinski definition) is 2. The summed E-state index contributed by atoms with van der Waals surface area (Å²) in [4.78, 5) is 13.6. The highest BCUT2D eigenvalue weighted by atomic mass is 16.5. The second-order valence-electron chi connectivity index (χ2n) is 4.39. The zero-order chi connectivity index (χ0) is 12.8. The van der Waals surface area contributed by atoms with Gasteiger partial charge < -0.3 is 9.64 Å². The summed E-state index contributed by atoms with van der Waals surface area (Å²) in [6.07, 6.45) is 1.65. The first kappa shape index (κ1) is 13.6. The van der Waals surface area contributed by atoms with Gasteiger partial charge in [-0.25, -0.2) is 0 Å². The Kier molecular flexibility index (Phi) is 5.01. The summed E-state index contributed by atoms with van der Waals surface area (Å²) in [5.74, 6) is 1.11. The summed E-state index contributed by atoms with van der Waals surface area (Å²) in [7, 11) is 5.26. The van der Waals surface area contributed by atoms with E-state index in [0.717, 1.165) is 18.6 Å². The Bertz CT molecular complexity index is 357. The minimum absolute atomic E-state index is 0.0680. The summed E-state index contributed by atoms with van der Waals surface area (Å²) in [5, 5.41) is 0. The highest BCUT2D eigenvalue weighted by Crippen LogP contribution is 2.17. The van der Waals surface area contributed by atoms with Crippen LogP contribution in [-0.4, -0.2) is 32.0 Å². The molecule has 1 rings (SSSR count). The van der Waals surface area contributed by atoms with Crippen LogP contribution in [0.4, 0.5) is 0 Å². The molecule has 0 spiro atoms. The molecule has 0 radical (unpaired) electrons. The molecule has 0 aromatic heterocycles. The number of amides is 1. The molecule has 17 heavy (non-hydrogen) atoms. The molecule has 0 aliphatic carbocycles. The van der Waals surface area contributed by atoms with Crippen molar-refractivity contribution in [2.75, 3.05) is 21.2 Å². The zero-order valence-electron chi connectivity index (χ0n) is 11.1. The van der Waals surface area contributed by atoms with Gasteiger partial charge in [-0.1, -0.05) is 19.1 Å². The second kappa shape index (κ2) is 6.28. The number of nitrogens with zero attached hydrogens (tertiary/aromatic N) is 1. The fraction of sp³-hybridized carbons (Fsp3) is 0.500. The molecule has 0 aliphatic rings. The number of rotatable bonds is 5. The maximum Gasteiger partial charge on any atom is 0.225 e. The SMILES string of the molecule is CCC(Cc1ccc(OC)cc1)C(=O)N(C)C. The van der Waals surface area contributed by atoms with Crippen molar-refractivity contribution in [2.45, 2.75) is 19.8 Å². The molecule has 0 saturated carbocycles. The first-order valence-electron chi connectivity index (χ1n) is 5.92. The number of benzene rings is 1. The van der Waals surface area contributed by atoms with Crippen LogP contribution in [0.3, 0.4) is 0 Å². The normalized spacial score (nSPS) is 12.0. The summed E-state index contributed by atoms with van der Waals surface area (Å²) < 4.78 is 5.11. The van der Waals surface area contributed by atoms with Gasteiger partial charge in [0.2, 0.25) is 5.91 Å². The van der Waals surface area contributed by atoms with Crippen LogP contribution in [0.25, 0.3) is 0 Å². The Labute approximate surface area is 103 Å². The van der Waals surface area contributed by atoms with Crippen molar-refractivity contribution in [1.29, 1.82) is 0 Å². The lowest BCUT2D eigenvalue weighted by Crippen LogP contribution is -2.30. The van der Waals surface area contributed by atoms with Gasteiger partial charge in [0.25, 0.3) is 0 Å². The quantitative estimate of drug-likeness (QED) is 0.784. The van der Waals surface area contributed by atoms with E-state index in [4.69, 9.17) is 4.74 Å². The molecular formula is C14H21NO2. The Morgan fingerprint density at radius 3 is 2.29 bits per heavy atom. The third-order valence-corrected chi connectivity index (χ3v) is 2.92. The average Bonchev–Trinajstić information content (AvgIpc) is 2.35. The summed E-state index contributed by atoms with van der Waals surface area (Å²) in [6.45, 7) is 2.05. The van der Waals surface area contributed by atoms with Crippen molar-refractivity contribution in [3.63, 3.8) is 0 Å². The molecule has 0 aliphatic heterocycles. The minimum atomic E-state index is 0.0680. The van der Waals surface area contributed by atoms with Gasteiger partial charge in [-0.2, -0.15) is 0 Å². The molecule has 0 heterocycles. The minimum Gasteiger partial charge on any atom is -0.497 e. The van der Waals surface area contributed by atoms with E-state index in [9.17, 15) is 4.79 Å². The van der Waals surface area contributed by atoms with Crippen LogP contribution < -0.4 is 4.74 Å². The third kappa shape index (κ3) is 3.77. The smallest absolute Gasteiger partial charge is 0.225 e. The van der Waals surface area contributed by atoms with Gasteiger partial charge in [0.05, 0.1) is 7.11 Å². The molecule has 0 fully saturated rings. The Hall–Kier alpha value is -1.51. The van der Waals surface area contributed by atoms with E-state index in [1.807, 2.05) is 24.3 Å². The van der Waals surface area contributed by atoms with Crippen molar-refractivity contribution >= 4 is 5.91 Å². The van der Waals surface area contributed by atoms with Gasteiger partial charge in [0.15, 0.2) is 0 Å². The van der Waals surface area contributed by atoms with Crippen molar-refractivity contribution in [3.8, 4) is 5.75 Å². The largest absolute Gasteiger partial charge is 0.497 e. The average molecular weight is 235 g/mol. The van der Waals surface area contributed by atoms with Crippen LogP contribution in [0.1, 0.15) is 18.9 Å². The monoisotopic (exact) mass is 235 g/mol. The summed E-state index contributed by atoms with van der Waals surface area (Å²) >= 11 is 0. The van der Waals surface area contributed by atoms with Crippen LogP contribution in [-0.2, 0) is 11.2 Å². The van der Waals surface area contributed by atoms with E-state index >= 15 is 0 Å².